The fourth-order valence-electron chi connectivity index (χ4n) is 2.61. The number of hydrogen-bond acceptors (Lipinski definition) is 3. The van der Waals surface area contributed by atoms with Crippen LogP contribution in [0.4, 0.5) is 0 Å². The van der Waals surface area contributed by atoms with E-state index in [4.69, 9.17) is 4.52 Å². The summed E-state index contributed by atoms with van der Waals surface area (Å²) < 4.78 is 19.5. The molecular weight excluding hydrogens is 331 g/mol. The second-order valence-corrected chi connectivity index (χ2v) is 8.34. The molecule has 25 heavy (non-hydrogen) atoms. The molecule has 0 saturated carbocycles. The van der Waals surface area contributed by atoms with Gasteiger partial charge in [-0.1, -0.05) is 66.2 Å². The number of hydrogen-bond donors (Lipinski definition) is 1. The predicted molar refractivity (Wildman–Crippen MR) is 102 cm³/mol. The zero-order chi connectivity index (χ0) is 17.7. The molecular formula is C21H21O3P. The van der Waals surface area contributed by atoms with E-state index in [1.807, 2.05) is 67.6 Å². The highest BCUT2D eigenvalue weighted by Crippen LogP contribution is 2.45. The highest BCUT2D eigenvalue weighted by molar-refractivity contribution is 7.74. The third kappa shape index (κ3) is 4.08. The van der Waals surface area contributed by atoms with Gasteiger partial charge >= 0.3 is 0 Å². The van der Waals surface area contributed by atoms with E-state index in [1.54, 1.807) is 24.3 Å². The molecule has 0 amide bonds. The van der Waals surface area contributed by atoms with Gasteiger partial charge in [-0.2, -0.15) is 0 Å². The smallest absolute Gasteiger partial charge is 0.261 e. The molecule has 0 fully saturated rings. The molecule has 128 valence electrons. The van der Waals surface area contributed by atoms with E-state index in [2.05, 4.69) is 0 Å². The molecule has 3 rings (SSSR count). The molecule has 1 atom stereocenters. The number of benzene rings is 3. The number of aliphatic hydroxyl groups excluding tert-OH is 1. The standard InChI is InChI=1S/C21H21O3P/c1-17-12-14-18(15-13-17)21(22)16-24-25(23,19-8-4-2-5-9-19)20-10-6-3-7-11-20/h2-15,21-22H,16H2,1H3. The highest BCUT2D eigenvalue weighted by Gasteiger charge is 2.29. The van der Waals surface area contributed by atoms with Gasteiger partial charge in [-0.05, 0) is 36.8 Å². The van der Waals surface area contributed by atoms with Crippen LogP contribution >= 0.6 is 7.37 Å². The summed E-state index contributed by atoms with van der Waals surface area (Å²) in [7, 11) is -3.27. The number of aliphatic hydroxyl groups is 1. The van der Waals surface area contributed by atoms with Crippen LogP contribution < -0.4 is 10.6 Å². The van der Waals surface area contributed by atoms with Gasteiger partial charge in [0.05, 0.1) is 6.61 Å². The van der Waals surface area contributed by atoms with E-state index >= 15 is 0 Å². The first-order chi connectivity index (χ1) is 12.1. The predicted octanol–water partition coefficient (Wildman–Crippen LogP) is 3.97. The van der Waals surface area contributed by atoms with Crippen LogP contribution in [0.15, 0.2) is 84.9 Å². The maximum atomic E-state index is 13.7. The van der Waals surface area contributed by atoms with Crippen molar-refractivity contribution in [1.82, 2.24) is 0 Å². The van der Waals surface area contributed by atoms with Gasteiger partial charge in [-0.15, -0.1) is 0 Å². The molecule has 0 radical (unpaired) electrons. The van der Waals surface area contributed by atoms with E-state index in [1.165, 1.54) is 0 Å². The Labute approximate surface area is 148 Å². The first-order valence-corrected chi connectivity index (χ1v) is 9.82. The van der Waals surface area contributed by atoms with Crippen molar-refractivity contribution >= 4 is 18.0 Å². The maximum Gasteiger partial charge on any atom is 0.261 e. The lowest BCUT2D eigenvalue weighted by molar-refractivity contribution is 0.112. The molecule has 0 saturated heterocycles. The minimum Gasteiger partial charge on any atom is -0.386 e. The topological polar surface area (TPSA) is 46.5 Å². The first-order valence-electron chi connectivity index (χ1n) is 8.20. The summed E-state index contributed by atoms with van der Waals surface area (Å²) in [5.74, 6) is 0. The first kappa shape index (κ1) is 17.6. The molecule has 0 heterocycles. The van der Waals surface area contributed by atoms with Crippen LogP contribution in [-0.4, -0.2) is 11.7 Å². The molecule has 0 spiro atoms. The van der Waals surface area contributed by atoms with E-state index in [9.17, 15) is 9.67 Å². The maximum absolute atomic E-state index is 13.7. The highest BCUT2D eigenvalue weighted by atomic mass is 31.2. The van der Waals surface area contributed by atoms with Crippen molar-refractivity contribution in [2.24, 2.45) is 0 Å². The molecule has 3 aromatic rings. The molecule has 3 nitrogen and oxygen atoms in total. The van der Waals surface area contributed by atoms with Gasteiger partial charge in [0.2, 0.25) is 0 Å². The summed E-state index contributed by atoms with van der Waals surface area (Å²) in [6, 6.07) is 25.9. The molecule has 0 bridgehead atoms. The van der Waals surface area contributed by atoms with E-state index in [0.717, 1.165) is 11.1 Å². The summed E-state index contributed by atoms with van der Waals surface area (Å²) in [6.45, 7) is 1.95. The van der Waals surface area contributed by atoms with Crippen molar-refractivity contribution in [1.29, 1.82) is 0 Å². The van der Waals surface area contributed by atoms with Gasteiger partial charge in [-0.25, -0.2) is 0 Å². The Morgan fingerprint density at radius 3 is 1.80 bits per heavy atom. The van der Waals surface area contributed by atoms with Crippen molar-refractivity contribution in [3.8, 4) is 0 Å². The van der Waals surface area contributed by atoms with Gasteiger partial charge in [0.15, 0.2) is 0 Å². The summed E-state index contributed by atoms with van der Waals surface area (Å²) in [5, 5.41) is 11.7. The zero-order valence-corrected chi connectivity index (χ0v) is 15.0. The number of rotatable bonds is 6. The Kier molecular flexibility index (Phi) is 5.50. The van der Waals surface area contributed by atoms with Gasteiger partial charge in [0.25, 0.3) is 7.37 Å². The van der Waals surface area contributed by atoms with Crippen LogP contribution in [0.2, 0.25) is 0 Å². The van der Waals surface area contributed by atoms with Crippen LogP contribution in [0.5, 0.6) is 0 Å². The van der Waals surface area contributed by atoms with Crippen molar-refractivity contribution < 1.29 is 14.2 Å². The molecule has 3 aromatic carbocycles. The van der Waals surface area contributed by atoms with Gasteiger partial charge in [0.1, 0.15) is 6.10 Å². The Morgan fingerprint density at radius 1 is 0.840 bits per heavy atom. The Morgan fingerprint density at radius 2 is 1.32 bits per heavy atom. The van der Waals surface area contributed by atoms with Gasteiger partial charge in [-0.3, -0.25) is 4.57 Å². The van der Waals surface area contributed by atoms with E-state index in [-0.39, 0.29) is 6.61 Å². The molecule has 0 aliphatic rings. The van der Waals surface area contributed by atoms with Crippen molar-refractivity contribution in [3.05, 3.63) is 96.1 Å². The third-order valence-electron chi connectivity index (χ3n) is 4.07. The Hall–Kier alpha value is -2.19. The molecule has 0 aliphatic carbocycles. The summed E-state index contributed by atoms with van der Waals surface area (Å²) in [4.78, 5) is 0. The minimum atomic E-state index is -3.27. The Bertz CT molecular complexity index is 802. The largest absolute Gasteiger partial charge is 0.386 e. The average Bonchev–Trinajstić information content (AvgIpc) is 2.68. The summed E-state index contributed by atoms with van der Waals surface area (Å²) >= 11 is 0. The van der Waals surface area contributed by atoms with Crippen LogP contribution in [-0.2, 0) is 9.09 Å². The van der Waals surface area contributed by atoms with Crippen LogP contribution in [0.3, 0.4) is 0 Å². The lowest BCUT2D eigenvalue weighted by Crippen LogP contribution is -2.20. The van der Waals surface area contributed by atoms with Crippen molar-refractivity contribution in [2.75, 3.05) is 6.61 Å². The molecule has 1 unspecified atom stereocenters. The summed E-state index contributed by atoms with van der Waals surface area (Å²) in [6.07, 6.45) is -0.832. The van der Waals surface area contributed by atoms with Crippen LogP contribution in [0, 0.1) is 6.92 Å². The third-order valence-corrected chi connectivity index (χ3v) is 6.54. The van der Waals surface area contributed by atoms with Gasteiger partial charge in [0, 0.05) is 10.6 Å². The van der Waals surface area contributed by atoms with Crippen LogP contribution in [0.1, 0.15) is 17.2 Å². The average molecular weight is 352 g/mol. The molecule has 0 aliphatic heterocycles. The summed E-state index contributed by atoms with van der Waals surface area (Å²) in [5.41, 5.74) is 1.87. The monoisotopic (exact) mass is 352 g/mol. The van der Waals surface area contributed by atoms with Gasteiger partial charge < -0.3 is 9.63 Å². The zero-order valence-electron chi connectivity index (χ0n) is 14.1. The van der Waals surface area contributed by atoms with E-state index < -0.39 is 13.5 Å². The normalized spacial score (nSPS) is 12.7. The lowest BCUT2D eigenvalue weighted by Gasteiger charge is -2.21. The second kappa shape index (κ2) is 7.79. The minimum absolute atomic E-state index is 0.0376. The van der Waals surface area contributed by atoms with Crippen molar-refractivity contribution in [2.45, 2.75) is 13.0 Å². The quantitative estimate of drug-likeness (QED) is 0.683. The second-order valence-electron chi connectivity index (χ2n) is 5.94. The SMILES string of the molecule is Cc1ccc(C(O)COP(=O)(c2ccccc2)c2ccccc2)cc1. The molecule has 1 N–H and O–H groups in total. The molecule has 4 heteroatoms. The van der Waals surface area contributed by atoms with Crippen molar-refractivity contribution in [3.63, 3.8) is 0 Å². The fourth-order valence-corrected chi connectivity index (χ4v) is 4.68. The lowest BCUT2D eigenvalue weighted by atomic mass is 10.1. The van der Waals surface area contributed by atoms with Crippen LogP contribution in [0.25, 0.3) is 0 Å². The molecule has 0 aromatic heterocycles. The van der Waals surface area contributed by atoms with E-state index in [0.29, 0.717) is 10.6 Å². The Balaban J connectivity index is 1.86. The number of aryl methyl sites for hydroxylation is 1. The fraction of sp³-hybridized carbons (Fsp3) is 0.143.